The largest absolute Gasteiger partial charge is 0.496 e. The number of rotatable bonds is 3. The van der Waals surface area contributed by atoms with Crippen LogP contribution < -0.4 is 4.74 Å². The lowest BCUT2D eigenvalue weighted by molar-refractivity contribution is 0.416. The van der Waals surface area contributed by atoms with Crippen molar-refractivity contribution in [2.75, 3.05) is 7.11 Å². The van der Waals surface area contributed by atoms with Crippen molar-refractivity contribution in [1.82, 2.24) is 4.98 Å². The average molecular weight is 258 g/mol. The van der Waals surface area contributed by atoms with Gasteiger partial charge in [-0.1, -0.05) is 13.0 Å². The second-order valence-electron chi connectivity index (χ2n) is 3.92. The molecule has 1 aromatic heterocycles. The lowest BCUT2D eigenvalue weighted by atomic mass is 10.1. The Balaban J connectivity index is 2.57. The maximum atomic E-state index is 8.97. The van der Waals surface area contributed by atoms with Crippen LogP contribution >= 0.6 is 11.3 Å². The number of methoxy groups -OCH3 is 1. The highest BCUT2D eigenvalue weighted by Crippen LogP contribution is 2.34. The molecule has 0 unspecified atom stereocenters. The lowest BCUT2D eigenvalue weighted by Gasteiger charge is -2.07. The molecule has 18 heavy (non-hydrogen) atoms. The summed E-state index contributed by atoms with van der Waals surface area (Å²) in [6.07, 6.45) is 0.965. The number of nitriles is 1. The molecule has 0 radical (unpaired) electrons. The number of aryl methyl sites for hydroxylation is 2. The molecule has 0 amide bonds. The number of ether oxygens (including phenoxy) is 1. The van der Waals surface area contributed by atoms with Gasteiger partial charge in [0.1, 0.15) is 16.8 Å². The smallest absolute Gasteiger partial charge is 0.155 e. The number of thiazole rings is 1. The Morgan fingerprint density at radius 3 is 2.78 bits per heavy atom. The summed E-state index contributed by atoms with van der Waals surface area (Å²) in [4.78, 5) is 5.30. The fourth-order valence-electron chi connectivity index (χ4n) is 1.76. The minimum absolute atomic E-state index is 0.499. The molecule has 0 aliphatic carbocycles. The van der Waals surface area contributed by atoms with Crippen molar-refractivity contribution in [2.45, 2.75) is 20.3 Å². The van der Waals surface area contributed by atoms with E-state index in [0.29, 0.717) is 5.69 Å². The first kappa shape index (κ1) is 12.6. The SMILES string of the molecule is CCc1ccc(OC)c(-c2nc(C#N)c(C)s2)c1. The average Bonchev–Trinajstić information content (AvgIpc) is 2.79. The Labute approximate surface area is 111 Å². The van der Waals surface area contributed by atoms with Gasteiger partial charge in [0, 0.05) is 4.88 Å². The zero-order chi connectivity index (χ0) is 13.1. The number of hydrogen-bond donors (Lipinski definition) is 0. The third-order valence-electron chi connectivity index (χ3n) is 2.81. The topological polar surface area (TPSA) is 45.9 Å². The summed E-state index contributed by atoms with van der Waals surface area (Å²) in [7, 11) is 1.65. The zero-order valence-corrected chi connectivity index (χ0v) is 11.5. The molecule has 1 heterocycles. The normalized spacial score (nSPS) is 10.1. The van der Waals surface area contributed by atoms with E-state index < -0.39 is 0 Å². The summed E-state index contributed by atoms with van der Waals surface area (Å²) in [5.74, 6) is 0.797. The summed E-state index contributed by atoms with van der Waals surface area (Å²) in [5.41, 5.74) is 2.70. The summed E-state index contributed by atoms with van der Waals surface area (Å²) >= 11 is 1.53. The highest BCUT2D eigenvalue weighted by atomic mass is 32.1. The van der Waals surface area contributed by atoms with Crippen LogP contribution in [-0.4, -0.2) is 12.1 Å². The van der Waals surface area contributed by atoms with E-state index in [-0.39, 0.29) is 0 Å². The van der Waals surface area contributed by atoms with E-state index in [0.717, 1.165) is 27.6 Å². The van der Waals surface area contributed by atoms with Crippen LogP contribution in [0.15, 0.2) is 18.2 Å². The number of aromatic nitrogens is 1. The highest BCUT2D eigenvalue weighted by molar-refractivity contribution is 7.15. The minimum Gasteiger partial charge on any atom is -0.496 e. The number of benzene rings is 1. The third-order valence-corrected chi connectivity index (χ3v) is 3.81. The summed E-state index contributed by atoms with van der Waals surface area (Å²) in [6.45, 7) is 4.02. The van der Waals surface area contributed by atoms with Gasteiger partial charge in [-0.05, 0) is 31.0 Å². The van der Waals surface area contributed by atoms with Crippen LogP contribution in [0.2, 0.25) is 0 Å². The fraction of sp³-hybridized carbons (Fsp3) is 0.286. The molecule has 4 heteroatoms. The van der Waals surface area contributed by atoms with Gasteiger partial charge in [0.2, 0.25) is 0 Å². The van der Waals surface area contributed by atoms with Crippen LogP contribution in [0.5, 0.6) is 5.75 Å². The molecule has 2 aromatic rings. The van der Waals surface area contributed by atoms with Gasteiger partial charge in [0.25, 0.3) is 0 Å². The molecule has 92 valence electrons. The molecule has 1 aromatic carbocycles. The molecule has 0 N–H and O–H groups in total. The van der Waals surface area contributed by atoms with Gasteiger partial charge in [-0.2, -0.15) is 5.26 Å². The van der Waals surface area contributed by atoms with E-state index in [1.54, 1.807) is 7.11 Å². The van der Waals surface area contributed by atoms with Crippen molar-refractivity contribution >= 4 is 11.3 Å². The molecule has 0 aliphatic rings. The van der Waals surface area contributed by atoms with E-state index in [1.165, 1.54) is 16.9 Å². The van der Waals surface area contributed by atoms with Gasteiger partial charge in [-0.15, -0.1) is 11.3 Å². The maximum Gasteiger partial charge on any atom is 0.155 e. The first-order chi connectivity index (χ1) is 8.69. The molecule has 0 fully saturated rings. The highest BCUT2D eigenvalue weighted by Gasteiger charge is 2.13. The third kappa shape index (κ3) is 2.22. The molecule has 0 saturated heterocycles. The Kier molecular flexibility index (Phi) is 3.63. The van der Waals surface area contributed by atoms with Crippen LogP contribution in [-0.2, 0) is 6.42 Å². The molecular formula is C14H14N2OS. The summed E-state index contributed by atoms with van der Waals surface area (Å²) < 4.78 is 5.37. The Bertz CT molecular complexity index is 611. The van der Waals surface area contributed by atoms with Crippen molar-refractivity contribution in [3.63, 3.8) is 0 Å². The predicted molar refractivity (Wildman–Crippen MR) is 72.9 cm³/mol. The summed E-state index contributed by atoms with van der Waals surface area (Å²) in [5, 5.41) is 9.81. The van der Waals surface area contributed by atoms with Gasteiger partial charge in [-0.25, -0.2) is 4.98 Å². The van der Waals surface area contributed by atoms with Crippen molar-refractivity contribution in [2.24, 2.45) is 0 Å². The Morgan fingerprint density at radius 1 is 1.44 bits per heavy atom. The molecule has 0 bridgehead atoms. The van der Waals surface area contributed by atoms with Crippen LogP contribution in [0.25, 0.3) is 10.6 Å². The second-order valence-corrected chi connectivity index (χ2v) is 5.13. The van der Waals surface area contributed by atoms with Gasteiger partial charge in [-0.3, -0.25) is 0 Å². The predicted octanol–water partition coefficient (Wildman–Crippen LogP) is 3.56. The van der Waals surface area contributed by atoms with Gasteiger partial charge in [0.15, 0.2) is 5.69 Å². The molecular weight excluding hydrogens is 244 g/mol. The van der Waals surface area contributed by atoms with Crippen molar-refractivity contribution in [3.8, 4) is 22.4 Å². The number of hydrogen-bond acceptors (Lipinski definition) is 4. The second kappa shape index (κ2) is 5.19. The van der Waals surface area contributed by atoms with Gasteiger partial charge >= 0.3 is 0 Å². The van der Waals surface area contributed by atoms with Crippen LogP contribution in [0.4, 0.5) is 0 Å². The maximum absolute atomic E-state index is 8.97. The number of nitrogens with zero attached hydrogens (tertiary/aromatic N) is 2. The monoisotopic (exact) mass is 258 g/mol. The zero-order valence-electron chi connectivity index (χ0n) is 10.7. The first-order valence-corrected chi connectivity index (χ1v) is 6.56. The minimum atomic E-state index is 0.499. The van der Waals surface area contributed by atoms with Crippen LogP contribution in [0, 0.1) is 18.3 Å². The quantitative estimate of drug-likeness (QED) is 0.845. The molecule has 0 spiro atoms. The summed E-state index contributed by atoms with van der Waals surface area (Å²) in [6, 6.07) is 8.20. The van der Waals surface area contributed by atoms with Gasteiger partial charge < -0.3 is 4.74 Å². The molecule has 0 atom stereocenters. The fourth-order valence-corrected chi connectivity index (χ4v) is 2.64. The van der Waals surface area contributed by atoms with E-state index in [1.807, 2.05) is 19.1 Å². The van der Waals surface area contributed by atoms with Crippen LogP contribution in [0.3, 0.4) is 0 Å². The van der Waals surface area contributed by atoms with Crippen molar-refractivity contribution in [1.29, 1.82) is 5.26 Å². The van der Waals surface area contributed by atoms with E-state index in [4.69, 9.17) is 10.00 Å². The molecule has 3 nitrogen and oxygen atoms in total. The molecule has 0 aliphatic heterocycles. The van der Waals surface area contributed by atoms with E-state index in [2.05, 4.69) is 24.0 Å². The van der Waals surface area contributed by atoms with E-state index in [9.17, 15) is 0 Å². The van der Waals surface area contributed by atoms with Crippen molar-refractivity contribution in [3.05, 3.63) is 34.3 Å². The Hall–Kier alpha value is -1.86. The van der Waals surface area contributed by atoms with Crippen LogP contribution in [0.1, 0.15) is 23.1 Å². The first-order valence-electron chi connectivity index (χ1n) is 5.74. The molecule has 2 rings (SSSR count). The Morgan fingerprint density at radius 2 is 2.22 bits per heavy atom. The van der Waals surface area contributed by atoms with Gasteiger partial charge in [0.05, 0.1) is 12.7 Å². The lowest BCUT2D eigenvalue weighted by Crippen LogP contribution is -1.90. The standard InChI is InChI=1S/C14H14N2OS/c1-4-10-5-6-13(17-3)11(7-10)14-16-12(8-15)9(2)18-14/h5-7H,4H2,1-3H3. The molecule has 0 saturated carbocycles. The van der Waals surface area contributed by atoms with Crippen molar-refractivity contribution < 1.29 is 4.74 Å². The van der Waals surface area contributed by atoms with E-state index >= 15 is 0 Å².